The Morgan fingerprint density at radius 2 is 1.77 bits per heavy atom. The second-order valence-electron chi connectivity index (χ2n) is 8.96. The summed E-state index contributed by atoms with van der Waals surface area (Å²) in [4.78, 5) is 17.2. The highest BCUT2D eigenvalue weighted by Crippen LogP contribution is 2.20. The molecule has 0 saturated heterocycles. The summed E-state index contributed by atoms with van der Waals surface area (Å²) in [5.74, 6) is 2.36. The van der Waals surface area contributed by atoms with E-state index in [0.29, 0.717) is 30.6 Å². The summed E-state index contributed by atoms with van der Waals surface area (Å²) >= 11 is 6.16. The molecule has 0 bridgehead atoms. The molecule has 6 heteroatoms. The largest absolute Gasteiger partial charge is 0.492 e. The number of ether oxygens (including phenoxy) is 1. The van der Waals surface area contributed by atoms with Gasteiger partial charge in [0.05, 0.1) is 24.0 Å². The Kier molecular flexibility index (Phi) is 8.43. The first-order valence-corrected chi connectivity index (χ1v) is 12.6. The third kappa shape index (κ3) is 6.64. The lowest BCUT2D eigenvalue weighted by atomic mass is 10.0. The summed E-state index contributed by atoms with van der Waals surface area (Å²) in [6, 6.07) is 23.9. The molecule has 0 fully saturated rings. The maximum atomic E-state index is 12.3. The minimum absolute atomic E-state index is 0.0245. The number of carbonyl (C=O) groups excluding carboxylic acids is 1. The van der Waals surface area contributed by atoms with Crippen molar-refractivity contribution in [2.75, 3.05) is 13.2 Å². The predicted octanol–water partition coefficient (Wildman–Crippen LogP) is 6.18. The van der Waals surface area contributed by atoms with Gasteiger partial charge in [0.2, 0.25) is 5.91 Å². The van der Waals surface area contributed by atoms with Crippen molar-refractivity contribution in [3.8, 4) is 5.75 Å². The molecule has 0 aliphatic heterocycles. The lowest BCUT2D eigenvalue weighted by Crippen LogP contribution is -2.26. The molecule has 3 aromatic carbocycles. The molecule has 0 aliphatic carbocycles. The van der Waals surface area contributed by atoms with E-state index >= 15 is 0 Å². The standard InChI is InChI=1S/C29H32ClN3O2/c1-21(2)22-13-15-24(16-14-22)35-19-18-33-27-11-6-5-10-26(27)32-28(33)12-7-17-31-29(34)20-23-8-3-4-9-25(23)30/h3-6,8-11,13-16,21H,7,12,17-20H2,1-2H3,(H,31,34). The second-order valence-corrected chi connectivity index (χ2v) is 9.37. The lowest BCUT2D eigenvalue weighted by molar-refractivity contribution is -0.120. The fraction of sp³-hybridized carbons (Fsp3) is 0.310. The van der Waals surface area contributed by atoms with Gasteiger partial charge >= 0.3 is 0 Å². The zero-order valence-corrected chi connectivity index (χ0v) is 21.1. The molecule has 1 amide bonds. The Hall–Kier alpha value is -3.31. The van der Waals surface area contributed by atoms with Gasteiger partial charge in [-0.2, -0.15) is 0 Å². The highest BCUT2D eigenvalue weighted by Gasteiger charge is 2.11. The molecule has 4 aromatic rings. The Morgan fingerprint density at radius 1 is 1.03 bits per heavy atom. The molecule has 5 nitrogen and oxygen atoms in total. The monoisotopic (exact) mass is 489 g/mol. The van der Waals surface area contributed by atoms with Crippen LogP contribution in [0.15, 0.2) is 72.8 Å². The Bertz CT molecular complexity index is 1260. The highest BCUT2D eigenvalue weighted by atomic mass is 35.5. The number of fused-ring (bicyclic) bond motifs is 1. The van der Waals surface area contributed by atoms with E-state index in [1.807, 2.05) is 48.5 Å². The fourth-order valence-corrected chi connectivity index (χ4v) is 4.32. The van der Waals surface area contributed by atoms with Crippen LogP contribution in [0.5, 0.6) is 5.75 Å². The van der Waals surface area contributed by atoms with Crippen molar-refractivity contribution in [2.45, 2.75) is 45.6 Å². The smallest absolute Gasteiger partial charge is 0.224 e. The van der Waals surface area contributed by atoms with Crippen LogP contribution in [-0.4, -0.2) is 28.6 Å². The first-order chi connectivity index (χ1) is 17.0. The van der Waals surface area contributed by atoms with Gasteiger partial charge in [-0.05, 0) is 53.8 Å². The molecule has 0 atom stereocenters. The molecular formula is C29H32ClN3O2. The summed E-state index contributed by atoms with van der Waals surface area (Å²) in [7, 11) is 0. The molecule has 0 unspecified atom stereocenters. The van der Waals surface area contributed by atoms with E-state index in [4.69, 9.17) is 21.3 Å². The van der Waals surface area contributed by atoms with Gasteiger partial charge in [0.25, 0.3) is 0 Å². The van der Waals surface area contributed by atoms with Crippen molar-refractivity contribution in [1.29, 1.82) is 0 Å². The van der Waals surface area contributed by atoms with Crippen molar-refractivity contribution in [1.82, 2.24) is 14.9 Å². The SMILES string of the molecule is CC(C)c1ccc(OCCn2c(CCCNC(=O)Cc3ccccc3Cl)nc3ccccc32)cc1. The summed E-state index contributed by atoms with van der Waals surface area (Å²) in [5.41, 5.74) is 4.22. The number of imidazole rings is 1. The quantitative estimate of drug-likeness (QED) is 0.256. The average Bonchev–Trinajstić information content (AvgIpc) is 3.21. The number of aromatic nitrogens is 2. The number of hydrogen-bond donors (Lipinski definition) is 1. The van der Waals surface area contributed by atoms with Crippen LogP contribution in [-0.2, 0) is 24.2 Å². The van der Waals surface area contributed by atoms with E-state index in [0.717, 1.165) is 41.0 Å². The predicted molar refractivity (Wildman–Crippen MR) is 142 cm³/mol. The van der Waals surface area contributed by atoms with E-state index in [9.17, 15) is 4.79 Å². The maximum Gasteiger partial charge on any atom is 0.224 e. The number of amides is 1. The molecule has 0 radical (unpaired) electrons. The van der Waals surface area contributed by atoms with Gasteiger partial charge in [0.15, 0.2) is 0 Å². The first-order valence-electron chi connectivity index (χ1n) is 12.2. The molecule has 0 aliphatic rings. The van der Waals surface area contributed by atoms with Crippen LogP contribution in [0.2, 0.25) is 5.02 Å². The number of hydrogen-bond acceptors (Lipinski definition) is 3. The molecule has 1 aromatic heterocycles. The van der Waals surface area contributed by atoms with E-state index in [2.05, 4.69) is 41.9 Å². The minimum atomic E-state index is -0.0245. The van der Waals surface area contributed by atoms with E-state index in [1.54, 1.807) is 6.07 Å². The topological polar surface area (TPSA) is 56.1 Å². The van der Waals surface area contributed by atoms with Crippen molar-refractivity contribution in [2.24, 2.45) is 0 Å². The first kappa shape index (κ1) is 24.8. The van der Waals surface area contributed by atoms with Crippen LogP contribution in [0.4, 0.5) is 0 Å². The molecule has 0 saturated carbocycles. The highest BCUT2D eigenvalue weighted by molar-refractivity contribution is 6.31. The van der Waals surface area contributed by atoms with Gasteiger partial charge in [0.1, 0.15) is 18.2 Å². The Morgan fingerprint density at radius 3 is 2.54 bits per heavy atom. The van der Waals surface area contributed by atoms with Gasteiger partial charge in [-0.1, -0.05) is 67.9 Å². The average molecular weight is 490 g/mol. The van der Waals surface area contributed by atoms with Crippen molar-refractivity contribution < 1.29 is 9.53 Å². The third-order valence-corrected chi connectivity index (χ3v) is 6.44. The minimum Gasteiger partial charge on any atom is -0.492 e. The van der Waals surface area contributed by atoms with Crippen LogP contribution < -0.4 is 10.1 Å². The third-order valence-electron chi connectivity index (χ3n) is 6.07. The van der Waals surface area contributed by atoms with E-state index < -0.39 is 0 Å². The maximum absolute atomic E-state index is 12.3. The zero-order valence-electron chi connectivity index (χ0n) is 20.3. The molecule has 4 rings (SSSR count). The van der Waals surface area contributed by atoms with Crippen molar-refractivity contribution in [3.05, 3.63) is 94.8 Å². The number of carbonyl (C=O) groups is 1. The van der Waals surface area contributed by atoms with Crippen molar-refractivity contribution in [3.63, 3.8) is 0 Å². The number of nitrogens with one attached hydrogen (secondary N) is 1. The van der Waals surface area contributed by atoms with Gasteiger partial charge in [-0.25, -0.2) is 4.98 Å². The lowest BCUT2D eigenvalue weighted by Gasteiger charge is -2.12. The number of aryl methyl sites for hydroxylation is 1. The van der Waals surface area contributed by atoms with Gasteiger partial charge in [-0.15, -0.1) is 0 Å². The summed E-state index contributed by atoms with van der Waals surface area (Å²) in [5, 5.41) is 3.62. The molecule has 0 spiro atoms. The van der Waals surface area contributed by atoms with E-state index in [1.165, 1.54) is 5.56 Å². The Balaban J connectivity index is 1.32. The van der Waals surface area contributed by atoms with Crippen molar-refractivity contribution >= 4 is 28.5 Å². The molecule has 35 heavy (non-hydrogen) atoms. The number of para-hydroxylation sites is 2. The van der Waals surface area contributed by atoms with Crippen LogP contribution >= 0.6 is 11.6 Å². The number of rotatable bonds is 11. The molecule has 1 N–H and O–H groups in total. The summed E-state index contributed by atoms with van der Waals surface area (Å²) in [6.07, 6.45) is 1.85. The normalized spacial score (nSPS) is 11.2. The number of nitrogens with zero attached hydrogens (tertiary/aromatic N) is 2. The van der Waals surface area contributed by atoms with Gasteiger partial charge < -0.3 is 14.6 Å². The molecule has 182 valence electrons. The van der Waals surface area contributed by atoms with Crippen LogP contribution in [0, 0.1) is 0 Å². The Labute approximate surface area is 212 Å². The van der Waals surface area contributed by atoms with Gasteiger partial charge in [0, 0.05) is 18.0 Å². The van der Waals surface area contributed by atoms with E-state index in [-0.39, 0.29) is 12.3 Å². The van der Waals surface area contributed by atoms with Gasteiger partial charge in [-0.3, -0.25) is 4.79 Å². The molecule has 1 heterocycles. The zero-order chi connectivity index (χ0) is 24.6. The van der Waals surface area contributed by atoms with Crippen LogP contribution in [0.1, 0.15) is 43.1 Å². The van der Waals surface area contributed by atoms with Crippen LogP contribution in [0.3, 0.4) is 0 Å². The second kappa shape index (κ2) is 11.9. The van der Waals surface area contributed by atoms with Crippen LogP contribution in [0.25, 0.3) is 11.0 Å². The fourth-order valence-electron chi connectivity index (χ4n) is 4.12. The molecular weight excluding hydrogens is 458 g/mol. The summed E-state index contributed by atoms with van der Waals surface area (Å²) < 4.78 is 8.25. The number of halogens is 1. The number of benzene rings is 3. The summed E-state index contributed by atoms with van der Waals surface area (Å²) in [6.45, 7) is 6.23.